The van der Waals surface area contributed by atoms with Crippen molar-refractivity contribution in [3.05, 3.63) is 29.8 Å². The topological polar surface area (TPSA) is 0 Å². The van der Waals surface area contributed by atoms with Crippen molar-refractivity contribution in [1.82, 2.24) is 0 Å². The molecule has 0 unspecified atom stereocenters. The largest absolute Gasteiger partial charge is 0.114 e. The second-order valence-corrected chi connectivity index (χ2v) is 4.22. The van der Waals surface area contributed by atoms with Crippen LogP contribution in [0.2, 0.25) is 0 Å². The molecule has 80 valence electrons. The molecule has 0 saturated carbocycles. The maximum atomic E-state index is 5.88. The van der Waals surface area contributed by atoms with Gasteiger partial charge in [0, 0.05) is 0 Å². The molecule has 0 aliphatic heterocycles. The van der Waals surface area contributed by atoms with Crippen LogP contribution in [0.15, 0.2) is 24.3 Å². The van der Waals surface area contributed by atoms with Crippen LogP contribution in [0.1, 0.15) is 51.0 Å². The summed E-state index contributed by atoms with van der Waals surface area (Å²) in [5.41, 5.74) is 2.26. The van der Waals surface area contributed by atoms with E-state index in [1.165, 1.54) is 44.1 Å². The van der Waals surface area contributed by atoms with E-state index in [9.17, 15) is 0 Å². The molecular weight excluding hydrogens is 179 g/mol. The molecule has 0 aromatic heterocycles. The lowest BCUT2D eigenvalue weighted by molar-refractivity contribution is 0.608. The molecule has 1 aromatic rings. The Labute approximate surface area is 95.5 Å². The van der Waals surface area contributed by atoms with E-state index in [1.807, 2.05) is 12.1 Å². The Morgan fingerprint density at radius 1 is 0.933 bits per heavy atom. The van der Waals surface area contributed by atoms with Crippen molar-refractivity contribution in [2.45, 2.75) is 51.9 Å². The maximum absolute atomic E-state index is 5.88. The summed E-state index contributed by atoms with van der Waals surface area (Å²) < 4.78 is 0. The van der Waals surface area contributed by atoms with Crippen molar-refractivity contribution in [3.63, 3.8) is 0 Å². The summed E-state index contributed by atoms with van der Waals surface area (Å²) >= 11 is 0. The van der Waals surface area contributed by atoms with Crippen LogP contribution in [0.4, 0.5) is 0 Å². The zero-order valence-corrected chi connectivity index (χ0v) is 9.84. The summed E-state index contributed by atoms with van der Waals surface area (Å²) in [4.78, 5) is 0. The summed E-state index contributed by atoms with van der Waals surface area (Å²) in [6.07, 6.45) is 9.23. The van der Waals surface area contributed by atoms with Gasteiger partial charge in [0.1, 0.15) is 7.85 Å². The second-order valence-electron chi connectivity index (χ2n) is 4.22. The summed E-state index contributed by atoms with van der Waals surface area (Å²) in [6, 6.07) is 8.21. The van der Waals surface area contributed by atoms with E-state index < -0.39 is 0 Å². The number of hydrogen-bond donors (Lipinski definition) is 0. The molecule has 0 fully saturated rings. The van der Waals surface area contributed by atoms with Crippen LogP contribution in [0.5, 0.6) is 0 Å². The number of aryl methyl sites for hydroxylation is 1. The third-order valence-electron chi connectivity index (χ3n) is 2.85. The highest BCUT2D eigenvalue weighted by Gasteiger charge is 1.96. The lowest BCUT2D eigenvalue weighted by Gasteiger charge is -2.05. The summed E-state index contributed by atoms with van der Waals surface area (Å²) in [5, 5.41) is 0. The first-order chi connectivity index (χ1) is 7.34. The van der Waals surface area contributed by atoms with Crippen LogP contribution in [-0.2, 0) is 6.42 Å². The quantitative estimate of drug-likeness (QED) is 0.467. The molecule has 0 saturated heterocycles. The molecule has 15 heavy (non-hydrogen) atoms. The fourth-order valence-corrected chi connectivity index (χ4v) is 1.86. The summed E-state index contributed by atoms with van der Waals surface area (Å²) in [5.74, 6) is 0. The van der Waals surface area contributed by atoms with Crippen LogP contribution in [0.3, 0.4) is 0 Å². The van der Waals surface area contributed by atoms with Crippen LogP contribution < -0.4 is 5.46 Å². The van der Waals surface area contributed by atoms with Gasteiger partial charge in [0.25, 0.3) is 0 Å². The minimum absolute atomic E-state index is 0.950. The van der Waals surface area contributed by atoms with Gasteiger partial charge in [-0.3, -0.25) is 0 Å². The molecule has 1 rings (SSSR count). The number of rotatable bonds is 7. The average Bonchev–Trinajstić information content (AvgIpc) is 2.25. The van der Waals surface area contributed by atoms with Crippen molar-refractivity contribution in [2.24, 2.45) is 0 Å². The van der Waals surface area contributed by atoms with Crippen molar-refractivity contribution < 1.29 is 0 Å². The zero-order chi connectivity index (χ0) is 10.9. The van der Waals surface area contributed by atoms with Gasteiger partial charge >= 0.3 is 0 Å². The van der Waals surface area contributed by atoms with Gasteiger partial charge in [-0.2, -0.15) is 0 Å². The van der Waals surface area contributed by atoms with Crippen LogP contribution >= 0.6 is 0 Å². The highest BCUT2D eigenvalue weighted by atomic mass is 14.0. The van der Waals surface area contributed by atoms with Gasteiger partial charge in [0.05, 0.1) is 0 Å². The van der Waals surface area contributed by atoms with Gasteiger partial charge in [0.15, 0.2) is 0 Å². The van der Waals surface area contributed by atoms with E-state index in [-0.39, 0.29) is 0 Å². The molecular formula is C14H21B. The van der Waals surface area contributed by atoms with E-state index in [0.29, 0.717) is 0 Å². The van der Waals surface area contributed by atoms with Crippen molar-refractivity contribution in [1.29, 1.82) is 0 Å². The zero-order valence-electron chi connectivity index (χ0n) is 9.84. The van der Waals surface area contributed by atoms with Crippen LogP contribution in [0, 0.1) is 0 Å². The van der Waals surface area contributed by atoms with Crippen molar-refractivity contribution in [2.75, 3.05) is 0 Å². The minimum Gasteiger partial charge on any atom is -0.0935 e. The number of unbranched alkanes of at least 4 members (excludes halogenated alkanes) is 5. The minimum atomic E-state index is 0.950. The first kappa shape index (κ1) is 12.4. The Hall–Kier alpha value is -0.715. The van der Waals surface area contributed by atoms with Crippen LogP contribution in [0.25, 0.3) is 0 Å². The molecule has 1 aromatic carbocycles. The lowest BCUT2D eigenvalue weighted by Crippen LogP contribution is -2.09. The predicted molar refractivity (Wildman–Crippen MR) is 68.9 cm³/mol. The molecule has 0 aliphatic carbocycles. The molecule has 0 amide bonds. The fraction of sp³-hybridized carbons (Fsp3) is 0.571. The van der Waals surface area contributed by atoms with Gasteiger partial charge in [-0.15, -0.1) is 0 Å². The van der Waals surface area contributed by atoms with Gasteiger partial charge in [0.2, 0.25) is 0 Å². The first-order valence-electron chi connectivity index (χ1n) is 6.18. The van der Waals surface area contributed by atoms with Gasteiger partial charge in [-0.25, -0.2) is 0 Å². The third kappa shape index (κ3) is 5.06. The van der Waals surface area contributed by atoms with Gasteiger partial charge in [-0.1, -0.05) is 74.3 Å². The maximum Gasteiger partial charge on any atom is 0.114 e. The Morgan fingerprint density at radius 3 is 2.33 bits per heavy atom. The first-order valence-corrected chi connectivity index (χ1v) is 6.18. The molecule has 2 radical (unpaired) electrons. The average molecular weight is 200 g/mol. The van der Waals surface area contributed by atoms with Crippen LogP contribution in [-0.4, -0.2) is 7.85 Å². The van der Waals surface area contributed by atoms with Crippen molar-refractivity contribution in [3.8, 4) is 0 Å². The molecule has 0 spiro atoms. The molecule has 0 nitrogen and oxygen atoms in total. The summed E-state index contributed by atoms with van der Waals surface area (Å²) in [6.45, 7) is 2.25. The van der Waals surface area contributed by atoms with E-state index in [0.717, 1.165) is 11.9 Å². The fourth-order valence-electron chi connectivity index (χ4n) is 1.86. The SMILES string of the molecule is [B]c1ccccc1CCCCCCCC. The van der Waals surface area contributed by atoms with Gasteiger partial charge < -0.3 is 0 Å². The molecule has 0 bridgehead atoms. The highest BCUT2D eigenvalue weighted by molar-refractivity contribution is 6.33. The van der Waals surface area contributed by atoms with E-state index in [4.69, 9.17) is 7.85 Å². The van der Waals surface area contributed by atoms with E-state index in [1.54, 1.807) is 0 Å². The van der Waals surface area contributed by atoms with Gasteiger partial charge in [-0.05, 0) is 12.8 Å². The Bertz CT molecular complexity index is 268. The monoisotopic (exact) mass is 200 g/mol. The lowest BCUT2D eigenvalue weighted by atomic mass is 9.88. The molecule has 1 heteroatoms. The molecule has 0 N–H and O–H groups in total. The highest BCUT2D eigenvalue weighted by Crippen LogP contribution is 2.08. The molecule has 0 aliphatic rings. The van der Waals surface area contributed by atoms with Crippen molar-refractivity contribution >= 4 is 13.3 Å². The molecule has 0 heterocycles. The van der Waals surface area contributed by atoms with E-state index in [2.05, 4.69) is 19.1 Å². The third-order valence-corrected chi connectivity index (χ3v) is 2.85. The number of hydrogen-bond acceptors (Lipinski definition) is 0. The predicted octanol–water partition coefficient (Wildman–Crippen LogP) is 3.38. The Morgan fingerprint density at radius 2 is 1.60 bits per heavy atom. The second kappa shape index (κ2) is 7.56. The summed E-state index contributed by atoms with van der Waals surface area (Å²) in [7, 11) is 5.88. The van der Waals surface area contributed by atoms with E-state index >= 15 is 0 Å². The number of benzene rings is 1. The normalized spacial score (nSPS) is 10.5. The smallest absolute Gasteiger partial charge is 0.0935 e. The Kier molecular flexibility index (Phi) is 6.23. The standard InChI is InChI=1S/C14H21B/c1-2-3-4-5-6-7-10-13-11-8-9-12-14(13)15/h8-9,11-12H,2-7,10H2,1H3. The molecule has 0 atom stereocenters. The Balaban J connectivity index is 2.12.